The van der Waals surface area contributed by atoms with Crippen molar-refractivity contribution in [2.75, 3.05) is 0 Å². The van der Waals surface area contributed by atoms with Crippen molar-refractivity contribution < 1.29 is 4.79 Å². The molecular formula is C9H8BrClO. The number of carbonyl (C=O) groups excluding carboxylic acids is 1. The average Bonchev–Trinajstić information content (AvgIpc) is 1.82. The highest BCUT2D eigenvalue weighted by Crippen LogP contribution is 2.26. The van der Waals surface area contributed by atoms with Gasteiger partial charge in [-0.15, -0.1) is 0 Å². The highest BCUT2D eigenvalue weighted by Gasteiger charge is 2.10. The van der Waals surface area contributed by atoms with E-state index in [1.807, 2.05) is 13.0 Å². The summed E-state index contributed by atoms with van der Waals surface area (Å²) in [6.07, 6.45) is 0. The standard InChI is InChI=1S/C9H8BrClO/c1-5-3-7(10)9(6(2)12)8(11)4-5/h3-4H,1-2H3. The zero-order chi connectivity index (χ0) is 9.30. The molecule has 0 radical (unpaired) electrons. The van der Waals surface area contributed by atoms with Crippen LogP contribution in [0.15, 0.2) is 16.6 Å². The Labute approximate surface area is 84.9 Å². The number of halogens is 2. The summed E-state index contributed by atoms with van der Waals surface area (Å²) >= 11 is 9.17. The number of rotatable bonds is 1. The van der Waals surface area contributed by atoms with E-state index in [9.17, 15) is 4.79 Å². The predicted molar refractivity (Wildman–Crippen MR) is 53.9 cm³/mol. The summed E-state index contributed by atoms with van der Waals surface area (Å²) in [5, 5.41) is 0.509. The van der Waals surface area contributed by atoms with Crippen molar-refractivity contribution in [3.8, 4) is 0 Å². The van der Waals surface area contributed by atoms with Crippen LogP contribution >= 0.6 is 27.5 Å². The van der Waals surface area contributed by atoms with Crippen molar-refractivity contribution in [3.05, 3.63) is 32.8 Å². The molecule has 1 aromatic rings. The molecule has 0 aliphatic rings. The van der Waals surface area contributed by atoms with Crippen LogP contribution in [0.25, 0.3) is 0 Å². The zero-order valence-electron chi connectivity index (χ0n) is 6.82. The molecule has 0 bridgehead atoms. The van der Waals surface area contributed by atoms with Gasteiger partial charge in [-0.1, -0.05) is 11.6 Å². The fraction of sp³-hybridized carbons (Fsp3) is 0.222. The molecule has 0 saturated heterocycles. The largest absolute Gasteiger partial charge is 0.294 e. The molecule has 0 N–H and O–H groups in total. The van der Waals surface area contributed by atoms with E-state index in [4.69, 9.17) is 11.6 Å². The van der Waals surface area contributed by atoms with E-state index in [-0.39, 0.29) is 5.78 Å². The van der Waals surface area contributed by atoms with Gasteiger partial charge in [0.2, 0.25) is 0 Å². The Balaban J connectivity index is 3.38. The van der Waals surface area contributed by atoms with E-state index < -0.39 is 0 Å². The monoisotopic (exact) mass is 246 g/mol. The van der Waals surface area contributed by atoms with Crippen LogP contribution in [-0.2, 0) is 0 Å². The van der Waals surface area contributed by atoms with Crippen LogP contribution in [0.5, 0.6) is 0 Å². The van der Waals surface area contributed by atoms with E-state index in [0.717, 1.165) is 10.0 Å². The van der Waals surface area contributed by atoms with Gasteiger partial charge in [0.05, 0.1) is 10.6 Å². The first-order valence-electron chi connectivity index (χ1n) is 3.49. The second-order valence-electron chi connectivity index (χ2n) is 2.66. The lowest BCUT2D eigenvalue weighted by atomic mass is 10.1. The number of hydrogen-bond donors (Lipinski definition) is 0. The molecule has 3 heteroatoms. The van der Waals surface area contributed by atoms with Crippen LogP contribution in [0.4, 0.5) is 0 Å². The minimum atomic E-state index is -0.0214. The molecule has 1 aromatic carbocycles. The van der Waals surface area contributed by atoms with Gasteiger partial charge in [-0.05, 0) is 47.5 Å². The van der Waals surface area contributed by atoms with Crippen LogP contribution < -0.4 is 0 Å². The lowest BCUT2D eigenvalue weighted by molar-refractivity contribution is 0.101. The highest BCUT2D eigenvalue weighted by molar-refractivity contribution is 9.10. The summed E-state index contributed by atoms with van der Waals surface area (Å²) in [5.41, 5.74) is 1.60. The van der Waals surface area contributed by atoms with Crippen molar-refractivity contribution in [2.24, 2.45) is 0 Å². The van der Waals surface area contributed by atoms with Crippen LogP contribution in [0.3, 0.4) is 0 Å². The Hall–Kier alpha value is -0.340. The SMILES string of the molecule is CC(=O)c1c(Cl)cc(C)cc1Br. The van der Waals surface area contributed by atoms with Gasteiger partial charge in [0, 0.05) is 4.47 Å². The van der Waals surface area contributed by atoms with Crippen molar-refractivity contribution in [2.45, 2.75) is 13.8 Å². The minimum Gasteiger partial charge on any atom is -0.294 e. The molecule has 0 aliphatic heterocycles. The van der Waals surface area contributed by atoms with Gasteiger partial charge in [0.1, 0.15) is 0 Å². The maximum Gasteiger partial charge on any atom is 0.162 e. The Bertz CT molecular complexity index is 310. The Kier molecular flexibility index (Phi) is 2.91. The molecule has 0 spiro atoms. The van der Waals surface area contributed by atoms with Gasteiger partial charge in [-0.25, -0.2) is 0 Å². The lowest BCUT2D eigenvalue weighted by Gasteiger charge is -2.04. The quantitative estimate of drug-likeness (QED) is 0.693. The van der Waals surface area contributed by atoms with E-state index in [1.165, 1.54) is 6.92 Å². The third-order valence-corrected chi connectivity index (χ3v) is 2.46. The zero-order valence-corrected chi connectivity index (χ0v) is 9.16. The molecule has 0 saturated carbocycles. The fourth-order valence-electron chi connectivity index (χ4n) is 1.04. The molecule has 0 aliphatic carbocycles. The van der Waals surface area contributed by atoms with Crippen molar-refractivity contribution in [1.29, 1.82) is 0 Å². The maximum atomic E-state index is 11.1. The Morgan fingerprint density at radius 1 is 1.50 bits per heavy atom. The first-order valence-corrected chi connectivity index (χ1v) is 4.66. The number of ketones is 1. The minimum absolute atomic E-state index is 0.0214. The lowest BCUT2D eigenvalue weighted by Crippen LogP contribution is -1.95. The second kappa shape index (κ2) is 3.58. The summed E-state index contributed by atoms with van der Waals surface area (Å²) in [6.45, 7) is 3.43. The van der Waals surface area contributed by atoms with Crippen LogP contribution in [-0.4, -0.2) is 5.78 Å². The molecule has 0 aromatic heterocycles. The van der Waals surface area contributed by atoms with Crippen molar-refractivity contribution >= 4 is 33.3 Å². The number of benzene rings is 1. The molecule has 1 rings (SSSR count). The molecule has 0 fully saturated rings. The summed E-state index contributed by atoms with van der Waals surface area (Å²) < 4.78 is 0.764. The number of hydrogen-bond acceptors (Lipinski definition) is 1. The van der Waals surface area contributed by atoms with E-state index in [1.54, 1.807) is 6.07 Å². The molecule has 0 heterocycles. The summed E-state index contributed by atoms with van der Waals surface area (Å²) in [7, 11) is 0. The van der Waals surface area contributed by atoms with Crippen LogP contribution in [0, 0.1) is 6.92 Å². The molecule has 0 amide bonds. The topological polar surface area (TPSA) is 17.1 Å². The van der Waals surface area contributed by atoms with Crippen molar-refractivity contribution in [1.82, 2.24) is 0 Å². The summed E-state index contributed by atoms with van der Waals surface area (Å²) in [4.78, 5) is 11.1. The number of Topliss-reactive ketones (excluding diaryl/α,β-unsaturated/α-hetero) is 1. The molecule has 0 atom stereocenters. The van der Waals surface area contributed by atoms with Gasteiger partial charge in [-0.3, -0.25) is 4.79 Å². The van der Waals surface area contributed by atoms with E-state index >= 15 is 0 Å². The Morgan fingerprint density at radius 2 is 2.08 bits per heavy atom. The molecule has 64 valence electrons. The first kappa shape index (κ1) is 9.75. The third-order valence-electron chi connectivity index (χ3n) is 1.54. The molecular weight excluding hydrogens is 239 g/mol. The van der Waals surface area contributed by atoms with Gasteiger partial charge < -0.3 is 0 Å². The van der Waals surface area contributed by atoms with Gasteiger partial charge in [0.25, 0.3) is 0 Å². The number of carbonyl (C=O) groups is 1. The average molecular weight is 248 g/mol. The van der Waals surface area contributed by atoms with Crippen LogP contribution in [0.2, 0.25) is 5.02 Å². The van der Waals surface area contributed by atoms with Gasteiger partial charge in [0.15, 0.2) is 5.78 Å². The molecule has 1 nitrogen and oxygen atoms in total. The van der Waals surface area contributed by atoms with Gasteiger partial charge in [-0.2, -0.15) is 0 Å². The molecule has 12 heavy (non-hydrogen) atoms. The first-order chi connectivity index (χ1) is 5.52. The summed E-state index contributed by atoms with van der Waals surface area (Å²) in [5.74, 6) is -0.0214. The smallest absolute Gasteiger partial charge is 0.162 e. The predicted octanol–water partition coefficient (Wildman–Crippen LogP) is 3.61. The number of aryl methyl sites for hydroxylation is 1. The van der Waals surface area contributed by atoms with Gasteiger partial charge >= 0.3 is 0 Å². The highest BCUT2D eigenvalue weighted by atomic mass is 79.9. The maximum absolute atomic E-state index is 11.1. The second-order valence-corrected chi connectivity index (χ2v) is 3.92. The van der Waals surface area contributed by atoms with E-state index in [2.05, 4.69) is 15.9 Å². The fourth-order valence-corrected chi connectivity index (χ4v) is 2.41. The normalized spacial score (nSPS) is 10.0. The summed E-state index contributed by atoms with van der Waals surface area (Å²) in [6, 6.07) is 3.66. The Morgan fingerprint density at radius 3 is 2.50 bits per heavy atom. The van der Waals surface area contributed by atoms with Crippen molar-refractivity contribution in [3.63, 3.8) is 0 Å². The van der Waals surface area contributed by atoms with E-state index in [0.29, 0.717) is 10.6 Å². The van der Waals surface area contributed by atoms with Crippen LogP contribution in [0.1, 0.15) is 22.8 Å². The molecule has 0 unspecified atom stereocenters. The third kappa shape index (κ3) is 1.87.